The van der Waals surface area contributed by atoms with Crippen molar-refractivity contribution in [1.29, 1.82) is 0 Å². The first kappa shape index (κ1) is 30.8. The van der Waals surface area contributed by atoms with Crippen molar-refractivity contribution in [3.05, 3.63) is 181 Å². The molecule has 0 heterocycles. The van der Waals surface area contributed by atoms with E-state index in [9.17, 15) is 9.90 Å². The first-order valence-corrected chi connectivity index (χ1v) is 17.3. The lowest BCUT2D eigenvalue weighted by atomic mass is 9.67. The summed E-state index contributed by atoms with van der Waals surface area (Å²) >= 11 is 0. The topological polar surface area (TPSA) is 55.8 Å². The number of hydrogen-bond acceptors (Lipinski definition) is 4. The maximum Gasteiger partial charge on any atom is 0.335 e. The van der Waals surface area contributed by atoms with Gasteiger partial charge in [0.15, 0.2) is 6.29 Å². The van der Waals surface area contributed by atoms with Crippen LogP contribution in [0.4, 0.5) is 0 Å². The van der Waals surface area contributed by atoms with Crippen LogP contribution in [0.1, 0.15) is 35.6 Å². The van der Waals surface area contributed by atoms with Crippen molar-refractivity contribution >= 4 is 49.1 Å². The molecule has 0 amide bonds. The second-order valence-electron chi connectivity index (χ2n) is 13.3. The van der Waals surface area contributed by atoms with Crippen molar-refractivity contribution < 1.29 is 19.4 Å². The summed E-state index contributed by atoms with van der Waals surface area (Å²) in [6.07, 6.45) is 0.833. The van der Waals surface area contributed by atoms with Crippen LogP contribution in [0.5, 0.6) is 11.5 Å². The van der Waals surface area contributed by atoms with E-state index >= 15 is 0 Å². The highest BCUT2D eigenvalue weighted by atomic mass is 16.6. The fourth-order valence-electron chi connectivity index (χ4n) is 8.01. The van der Waals surface area contributed by atoms with Gasteiger partial charge in [-0.1, -0.05) is 111 Å². The van der Waals surface area contributed by atoms with Crippen LogP contribution in [0.2, 0.25) is 0 Å². The summed E-state index contributed by atoms with van der Waals surface area (Å²) in [6, 6.07) is 51.7. The van der Waals surface area contributed by atoms with Gasteiger partial charge in [0, 0.05) is 12.5 Å². The van der Waals surface area contributed by atoms with Crippen molar-refractivity contribution in [3.63, 3.8) is 0 Å². The Labute approximate surface area is 295 Å². The molecule has 8 aromatic rings. The van der Waals surface area contributed by atoms with Crippen molar-refractivity contribution in [2.24, 2.45) is 0 Å². The molecule has 1 aliphatic carbocycles. The quantitative estimate of drug-likeness (QED) is 0.0799. The zero-order chi connectivity index (χ0) is 34.7. The fourth-order valence-corrected chi connectivity index (χ4v) is 8.01. The molecule has 0 spiro atoms. The van der Waals surface area contributed by atoms with Gasteiger partial charge in [0.05, 0.1) is 5.41 Å². The molecule has 0 bridgehead atoms. The third kappa shape index (κ3) is 4.91. The SMILES string of the molecule is C=CC(=O)Oc1ccc2cc(C3(c4ccc5cc(OC(O)CC)ccc5c4)c4cc5ccccc5cc4-c4c3ccc3ccccc43)ccc2c1. The van der Waals surface area contributed by atoms with Crippen LogP contribution < -0.4 is 9.47 Å². The van der Waals surface area contributed by atoms with E-state index in [2.05, 4.69) is 122 Å². The third-order valence-corrected chi connectivity index (χ3v) is 10.4. The number of carbonyl (C=O) groups excluding carboxylic acids is 1. The number of hydrogen-bond donors (Lipinski definition) is 1. The number of carbonyl (C=O) groups is 1. The predicted octanol–water partition coefficient (Wildman–Crippen LogP) is 10.9. The zero-order valence-electron chi connectivity index (χ0n) is 28.1. The minimum Gasteiger partial charge on any atom is -0.465 e. The molecule has 51 heavy (non-hydrogen) atoms. The molecule has 8 aromatic carbocycles. The van der Waals surface area contributed by atoms with Crippen LogP contribution in [-0.2, 0) is 10.2 Å². The van der Waals surface area contributed by atoms with E-state index in [-0.39, 0.29) is 0 Å². The lowest BCUT2D eigenvalue weighted by molar-refractivity contribution is -0.128. The summed E-state index contributed by atoms with van der Waals surface area (Å²) in [5.74, 6) is 0.634. The van der Waals surface area contributed by atoms with E-state index in [4.69, 9.17) is 9.47 Å². The molecule has 0 aliphatic heterocycles. The van der Waals surface area contributed by atoms with Crippen LogP contribution in [0.25, 0.3) is 54.2 Å². The first-order valence-electron chi connectivity index (χ1n) is 17.3. The number of fused-ring (bicyclic) bond motifs is 8. The minimum absolute atomic E-state index is 0.480. The molecule has 4 nitrogen and oxygen atoms in total. The Hall–Kier alpha value is -6.23. The lowest BCUT2D eigenvalue weighted by Gasteiger charge is -2.34. The number of aliphatic hydroxyl groups is 1. The van der Waals surface area contributed by atoms with Crippen LogP contribution in [0.15, 0.2) is 158 Å². The average Bonchev–Trinajstić information content (AvgIpc) is 3.46. The van der Waals surface area contributed by atoms with Gasteiger partial charge in [-0.05, 0) is 125 Å². The van der Waals surface area contributed by atoms with Crippen molar-refractivity contribution in [2.75, 3.05) is 0 Å². The Bertz CT molecular complexity index is 2710. The second kappa shape index (κ2) is 12.0. The molecular weight excluding hydrogens is 629 g/mol. The molecule has 2 unspecified atom stereocenters. The van der Waals surface area contributed by atoms with Crippen LogP contribution in [-0.4, -0.2) is 17.4 Å². The highest BCUT2D eigenvalue weighted by molar-refractivity contribution is 6.07. The summed E-state index contributed by atoms with van der Waals surface area (Å²) in [5, 5.41) is 19.1. The van der Waals surface area contributed by atoms with Crippen molar-refractivity contribution in [1.82, 2.24) is 0 Å². The van der Waals surface area contributed by atoms with Gasteiger partial charge in [0.1, 0.15) is 11.5 Å². The second-order valence-corrected chi connectivity index (χ2v) is 13.3. The predicted molar refractivity (Wildman–Crippen MR) is 207 cm³/mol. The van der Waals surface area contributed by atoms with Crippen LogP contribution in [0, 0.1) is 0 Å². The monoisotopic (exact) mass is 662 g/mol. The van der Waals surface area contributed by atoms with Gasteiger partial charge in [-0.25, -0.2) is 4.79 Å². The Morgan fingerprint density at radius 3 is 1.88 bits per heavy atom. The summed E-state index contributed by atoms with van der Waals surface area (Å²) < 4.78 is 11.2. The summed E-state index contributed by atoms with van der Waals surface area (Å²) in [4.78, 5) is 12.0. The zero-order valence-corrected chi connectivity index (χ0v) is 28.1. The van der Waals surface area contributed by atoms with E-state index in [1.54, 1.807) is 0 Å². The number of rotatable bonds is 7. The van der Waals surface area contributed by atoms with Gasteiger partial charge in [-0.15, -0.1) is 0 Å². The van der Waals surface area contributed by atoms with Gasteiger partial charge in [-0.3, -0.25) is 0 Å². The fraction of sp³-hybridized carbons (Fsp3) is 0.0851. The van der Waals surface area contributed by atoms with Crippen molar-refractivity contribution in [3.8, 4) is 22.6 Å². The third-order valence-electron chi connectivity index (χ3n) is 10.4. The average molecular weight is 663 g/mol. The molecule has 4 heteroatoms. The van der Waals surface area contributed by atoms with Gasteiger partial charge in [-0.2, -0.15) is 0 Å². The molecule has 246 valence electrons. The molecule has 0 fully saturated rings. The first-order chi connectivity index (χ1) is 25.0. The number of esters is 1. The maximum absolute atomic E-state index is 12.0. The van der Waals surface area contributed by atoms with Crippen LogP contribution >= 0.6 is 0 Å². The molecule has 9 rings (SSSR count). The summed E-state index contributed by atoms with van der Waals surface area (Å²) in [6.45, 7) is 5.43. The Balaban J connectivity index is 1.36. The molecular formula is C47H34O4. The van der Waals surface area contributed by atoms with E-state index in [0.29, 0.717) is 17.9 Å². The van der Waals surface area contributed by atoms with E-state index in [0.717, 1.165) is 32.7 Å². The molecule has 2 atom stereocenters. The number of ether oxygens (including phenoxy) is 2. The molecule has 0 aromatic heterocycles. The van der Waals surface area contributed by atoms with E-state index in [1.807, 2.05) is 37.3 Å². The standard InChI is InChI=1S/C47H34O4/c1-3-44(48)50-38-20-15-32-23-36(18-13-34(32)25-38)47(37-19-14-35-26-39(51-45(49)4-2)21-16-33(35)24-37)42-22-17-29-9-7-8-12-40(29)46(42)41-27-30-10-5-6-11-31(30)28-43(41)47/h3,5-28,45,49H,1,4H2,2H3. The highest BCUT2D eigenvalue weighted by Crippen LogP contribution is 2.59. The van der Waals surface area contributed by atoms with E-state index in [1.165, 1.54) is 49.9 Å². The normalized spacial score (nSPS) is 15.5. The maximum atomic E-state index is 12.0. The largest absolute Gasteiger partial charge is 0.465 e. The number of benzene rings is 8. The highest BCUT2D eigenvalue weighted by Gasteiger charge is 2.47. The van der Waals surface area contributed by atoms with Crippen molar-refractivity contribution in [2.45, 2.75) is 25.0 Å². The van der Waals surface area contributed by atoms with E-state index < -0.39 is 17.7 Å². The van der Waals surface area contributed by atoms with Crippen LogP contribution in [0.3, 0.4) is 0 Å². The summed E-state index contributed by atoms with van der Waals surface area (Å²) in [5.41, 5.74) is 6.56. The molecule has 0 saturated carbocycles. The Kier molecular flexibility index (Phi) is 7.23. The minimum atomic E-state index is -0.848. The summed E-state index contributed by atoms with van der Waals surface area (Å²) in [7, 11) is 0. The molecule has 1 N–H and O–H groups in total. The molecule has 0 radical (unpaired) electrons. The Morgan fingerprint density at radius 1 is 0.647 bits per heavy atom. The van der Waals surface area contributed by atoms with Gasteiger partial charge in [0.25, 0.3) is 0 Å². The Morgan fingerprint density at radius 2 is 1.20 bits per heavy atom. The molecule has 0 saturated heterocycles. The molecule has 1 aliphatic rings. The van der Waals surface area contributed by atoms with Gasteiger partial charge in [0.2, 0.25) is 0 Å². The smallest absolute Gasteiger partial charge is 0.335 e. The van der Waals surface area contributed by atoms with Gasteiger partial charge >= 0.3 is 5.97 Å². The lowest BCUT2D eigenvalue weighted by Crippen LogP contribution is -2.28. The number of aliphatic hydroxyl groups excluding tert-OH is 1. The van der Waals surface area contributed by atoms with Gasteiger partial charge < -0.3 is 14.6 Å².